The van der Waals surface area contributed by atoms with Crippen LogP contribution in [0.5, 0.6) is 0 Å². The van der Waals surface area contributed by atoms with Crippen LogP contribution in [0.4, 0.5) is 13.2 Å². The molecule has 29 heavy (non-hydrogen) atoms. The zero-order valence-electron chi connectivity index (χ0n) is 15.5. The van der Waals surface area contributed by atoms with E-state index in [2.05, 4.69) is 10.3 Å². The fourth-order valence-electron chi connectivity index (χ4n) is 2.78. The Labute approximate surface area is 165 Å². The molecule has 0 bridgehead atoms. The van der Waals surface area contributed by atoms with Crippen LogP contribution in [-0.2, 0) is 12.7 Å². The molecule has 0 radical (unpaired) electrons. The number of benzene rings is 2. The van der Waals surface area contributed by atoms with Gasteiger partial charge in [0.05, 0.1) is 11.1 Å². The Balaban J connectivity index is 1.75. The number of amides is 1. The van der Waals surface area contributed by atoms with Crippen molar-refractivity contribution in [2.45, 2.75) is 19.6 Å². The number of aromatic nitrogens is 1. The van der Waals surface area contributed by atoms with Gasteiger partial charge in [0.25, 0.3) is 5.91 Å². The van der Waals surface area contributed by atoms with E-state index in [-0.39, 0.29) is 17.9 Å². The van der Waals surface area contributed by atoms with Crippen LogP contribution in [0.2, 0.25) is 0 Å². The molecule has 7 heteroatoms. The number of pyridine rings is 1. The fraction of sp³-hybridized carbons (Fsp3) is 0.136. The van der Waals surface area contributed by atoms with E-state index in [4.69, 9.17) is 0 Å². The van der Waals surface area contributed by atoms with Gasteiger partial charge in [0.1, 0.15) is 0 Å². The lowest BCUT2D eigenvalue weighted by Crippen LogP contribution is -2.23. The number of rotatable bonds is 5. The Hall–Kier alpha value is -3.48. The molecule has 3 aromatic rings. The first-order valence-corrected chi connectivity index (χ1v) is 8.75. The number of carbonyl (C=O) groups excluding carboxylic acids is 2. The lowest BCUT2D eigenvalue weighted by Gasteiger charge is -2.10. The number of carbonyl (C=O) groups is 2. The molecule has 0 aliphatic carbocycles. The monoisotopic (exact) mass is 398 g/mol. The average Bonchev–Trinajstić information content (AvgIpc) is 2.72. The molecular weight excluding hydrogens is 381 g/mol. The Kier molecular flexibility index (Phi) is 5.77. The predicted molar refractivity (Wildman–Crippen MR) is 102 cm³/mol. The molecule has 3 rings (SSSR count). The standard InChI is InChI=1S/C22H17F3N2O2/c1-14(28)16-5-3-6-17(9-16)18-10-19(13-26-12-18)21(29)27-11-15-4-2-7-20(8-15)22(23,24)25/h2-10,12-13H,11H2,1H3,(H,27,29). The Morgan fingerprint density at radius 1 is 0.931 bits per heavy atom. The van der Waals surface area contributed by atoms with E-state index in [0.717, 1.165) is 17.7 Å². The first-order chi connectivity index (χ1) is 13.7. The van der Waals surface area contributed by atoms with E-state index in [1.807, 2.05) is 0 Å². The summed E-state index contributed by atoms with van der Waals surface area (Å²) < 4.78 is 38.4. The van der Waals surface area contributed by atoms with Crippen LogP contribution in [-0.4, -0.2) is 16.7 Å². The maximum Gasteiger partial charge on any atom is 0.416 e. The highest BCUT2D eigenvalue weighted by molar-refractivity contribution is 5.96. The normalized spacial score (nSPS) is 11.2. The molecule has 0 atom stereocenters. The number of hydrogen-bond acceptors (Lipinski definition) is 3. The van der Waals surface area contributed by atoms with Gasteiger partial charge in [0, 0.05) is 30.1 Å². The molecule has 0 aliphatic rings. The van der Waals surface area contributed by atoms with Crippen LogP contribution in [0.15, 0.2) is 67.0 Å². The van der Waals surface area contributed by atoms with E-state index >= 15 is 0 Å². The van der Waals surface area contributed by atoms with Gasteiger partial charge in [-0.3, -0.25) is 14.6 Å². The van der Waals surface area contributed by atoms with E-state index in [1.54, 1.807) is 36.5 Å². The molecule has 1 amide bonds. The quantitative estimate of drug-likeness (QED) is 0.622. The van der Waals surface area contributed by atoms with Crippen molar-refractivity contribution >= 4 is 11.7 Å². The van der Waals surface area contributed by atoms with E-state index < -0.39 is 17.6 Å². The molecule has 1 N–H and O–H groups in total. The van der Waals surface area contributed by atoms with Gasteiger partial charge in [-0.2, -0.15) is 13.2 Å². The van der Waals surface area contributed by atoms with E-state index in [1.165, 1.54) is 25.3 Å². The van der Waals surface area contributed by atoms with Crippen molar-refractivity contribution in [3.63, 3.8) is 0 Å². The van der Waals surface area contributed by atoms with Crippen LogP contribution in [0.25, 0.3) is 11.1 Å². The number of nitrogens with zero attached hydrogens (tertiary/aromatic N) is 1. The molecule has 0 unspecified atom stereocenters. The molecule has 0 aliphatic heterocycles. The van der Waals surface area contributed by atoms with Crippen molar-refractivity contribution in [3.8, 4) is 11.1 Å². The summed E-state index contributed by atoms with van der Waals surface area (Å²) in [5, 5.41) is 2.60. The second-order valence-electron chi connectivity index (χ2n) is 6.48. The number of Topliss-reactive ketones (excluding diaryl/α,β-unsaturated/α-hetero) is 1. The van der Waals surface area contributed by atoms with Gasteiger partial charge >= 0.3 is 6.18 Å². The average molecular weight is 398 g/mol. The van der Waals surface area contributed by atoms with Gasteiger partial charge in [-0.25, -0.2) is 0 Å². The smallest absolute Gasteiger partial charge is 0.348 e. The largest absolute Gasteiger partial charge is 0.416 e. The molecule has 2 aromatic carbocycles. The first kappa shape index (κ1) is 20.3. The summed E-state index contributed by atoms with van der Waals surface area (Å²) in [5.74, 6) is -0.533. The molecule has 0 spiro atoms. The second-order valence-corrected chi connectivity index (χ2v) is 6.48. The van der Waals surface area contributed by atoms with Gasteiger partial charge in [-0.15, -0.1) is 0 Å². The maximum atomic E-state index is 12.8. The minimum atomic E-state index is -4.44. The lowest BCUT2D eigenvalue weighted by atomic mass is 10.0. The van der Waals surface area contributed by atoms with Gasteiger partial charge in [0.2, 0.25) is 0 Å². The topological polar surface area (TPSA) is 59.1 Å². The third-order valence-electron chi connectivity index (χ3n) is 4.31. The summed E-state index contributed by atoms with van der Waals surface area (Å²) in [6.07, 6.45) is -1.49. The number of halogens is 3. The van der Waals surface area contributed by atoms with Crippen molar-refractivity contribution in [1.82, 2.24) is 10.3 Å². The van der Waals surface area contributed by atoms with Crippen molar-refractivity contribution in [2.75, 3.05) is 0 Å². The molecule has 148 valence electrons. The summed E-state index contributed by atoms with van der Waals surface area (Å²) in [7, 11) is 0. The SMILES string of the molecule is CC(=O)c1cccc(-c2cncc(C(=O)NCc3cccc(C(F)(F)F)c3)c2)c1. The summed E-state index contributed by atoms with van der Waals surface area (Å²) in [4.78, 5) is 28.1. The van der Waals surface area contributed by atoms with Gasteiger partial charge in [0.15, 0.2) is 5.78 Å². The van der Waals surface area contributed by atoms with Crippen molar-refractivity contribution in [3.05, 3.63) is 89.2 Å². The molecule has 0 saturated carbocycles. The minimum Gasteiger partial charge on any atom is -0.348 e. The third kappa shape index (κ3) is 5.07. The number of ketones is 1. The van der Waals surface area contributed by atoms with Crippen molar-refractivity contribution in [2.24, 2.45) is 0 Å². The maximum absolute atomic E-state index is 12.8. The lowest BCUT2D eigenvalue weighted by molar-refractivity contribution is -0.137. The van der Waals surface area contributed by atoms with Crippen LogP contribution < -0.4 is 5.32 Å². The number of hydrogen-bond donors (Lipinski definition) is 1. The Bertz CT molecular complexity index is 1060. The van der Waals surface area contributed by atoms with Gasteiger partial charge < -0.3 is 5.32 Å². The summed E-state index contributed by atoms with van der Waals surface area (Å²) in [6, 6.07) is 13.4. The van der Waals surface area contributed by atoms with Crippen molar-refractivity contribution < 1.29 is 22.8 Å². The summed E-state index contributed by atoms with van der Waals surface area (Å²) in [5.41, 5.74) is 1.77. The van der Waals surface area contributed by atoms with E-state index in [9.17, 15) is 22.8 Å². The van der Waals surface area contributed by atoms with Crippen molar-refractivity contribution in [1.29, 1.82) is 0 Å². The highest BCUT2D eigenvalue weighted by atomic mass is 19.4. The van der Waals surface area contributed by atoms with Crippen LogP contribution >= 0.6 is 0 Å². The molecule has 0 saturated heterocycles. The van der Waals surface area contributed by atoms with E-state index in [0.29, 0.717) is 16.7 Å². The van der Waals surface area contributed by atoms with Gasteiger partial charge in [-0.1, -0.05) is 30.3 Å². The van der Waals surface area contributed by atoms with Crippen LogP contribution in [0.3, 0.4) is 0 Å². The zero-order chi connectivity index (χ0) is 21.0. The van der Waals surface area contributed by atoms with Gasteiger partial charge in [-0.05, 0) is 42.3 Å². The Morgan fingerprint density at radius 3 is 2.38 bits per heavy atom. The molecule has 0 fully saturated rings. The highest BCUT2D eigenvalue weighted by Gasteiger charge is 2.30. The Morgan fingerprint density at radius 2 is 1.66 bits per heavy atom. The highest BCUT2D eigenvalue weighted by Crippen LogP contribution is 2.29. The number of nitrogens with one attached hydrogen (secondary N) is 1. The fourth-order valence-corrected chi connectivity index (χ4v) is 2.78. The second kappa shape index (κ2) is 8.26. The minimum absolute atomic E-state index is 0.0488. The molecular formula is C22H17F3N2O2. The van der Waals surface area contributed by atoms with Crippen LogP contribution in [0.1, 0.15) is 38.8 Å². The summed E-state index contributed by atoms with van der Waals surface area (Å²) in [6.45, 7) is 1.42. The molecule has 4 nitrogen and oxygen atoms in total. The molecule has 1 heterocycles. The first-order valence-electron chi connectivity index (χ1n) is 8.75. The third-order valence-corrected chi connectivity index (χ3v) is 4.31. The number of alkyl halides is 3. The predicted octanol–water partition coefficient (Wildman–Crippen LogP) is 4.90. The summed E-state index contributed by atoms with van der Waals surface area (Å²) >= 11 is 0. The van der Waals surface area contributed by atoms with Crippen LogP contribution in [0, 0.1) is 0 Å². The molecule has 1 aromatic heterocycles. The zero-order valence-corrected chi connectivity index (χ0v) is 15.5.